The van der Waals surface area contributed by atoms with Crippen LogP contribution in [0.15, 0.2) is 36.0 Å². The molecule has 0 saturated heterocycles. The van der Waals surface area contributed by atoms with Crippen molar-refractivity contribution in [3.05, 3.63) is 56.9 Å². The molecule has 0 spiro atoms. The van der Waals surface area contributed by atoms with Crippen LogP contribution in [0, 0.1) is 0 Å². The molecule has 0 bridgehead atoms. The lowest BCUT2D eigenvalue weighted by atomic mass is 10.1. The number of aryl methyl sites for hydroxylation is 1. The number of ether oxygens (including phenoxy) is 1. The van der Waals surface area contributed by atoms with E-state index >= 15 is 0 Å². The summed E-state index contributed by atoms with van der Waals surface area (Å²) in [6.45, 7) is 6.34. The zero-order valence-corrected chi connectivity index (χ0v) is 23.0. The van der Waals surface area contributed by atoms with Gasteiger partial charge in [0.1, 0.15) is 5.00 Å². The lowest BCUT2D eigenvalue weighted by Gasteiger charge is -2.10. The zero-order chi connectivity index (χ0) is 25.7. The highest BCUT2D eigenvalue weighted by Gasteiger charge is 2.27. The fourth-order valence-electron chi connectivity index (χ4n) is 4.08. The van der Waals surface area contributed by atoms with Gasteiger partial charge in [0.25, 0.3) is 0 Å². The summed E-state index contributed by atoms with van der Waals surface area (Å²) in [7, 11) is 0. The monoisotopic (exact) mass is 564 g/mol. The van der Waals surface area contributed by atoms with Crippen LogP contribution in [0.1, 0.15) is 47.0 Å². The Morgan fingerprint density at radius 2 is 2.03 bits per heavy atom. The van der Waals surface area contributed by atoms with Crippen molar-refractivity contribution in [2.75, 3.05) is 17.7 Å². The van der Waals surface area contributed by atoms with E-state index in [1.54, 1.807) is 25.1 Å². The van der Waals surface area contributed by atoms with E-state index < -0.39 is 0 Å². The first-order chi connectivity index (χ1) is 17.4. The number of esters is 1. The molecule has 1 aliphatic carbocycles. The summed E-state index contributed by atoms with van der Waals surface area (Å²) in [6, 6.07) is 5.25. The van der Waals surface area contributed by atoms with Crippen molar-refractivity contribution < 1.29 is 14.3 Å². The Bertz CT molecular complexity index is 1290. The summed E-state index contributed by atoms with van der Waals surface area (Å²) < 4.78 is 7.17. The number of thiophene rings is 1. The second-order valence-corrected chi connectivity index (χ2v) is 11.0. The van der Waals surface area contributed by atoms with Gasteiger partial charge in [0.05, 0.1) is 28.0 Å². The Balaban J connectivity index is 1.52. The van der Waals surface area contributed by atoms with Crippen LogP contribution in [-0.2, 0) is 28.9 Å². The van der Waals surface area contributed by atoms with Gasteiger partial charge in [-0.05, 0) is 56.4 Å². The third kappa shape index (κ3) is 5.96. The number of nitrogens with one attached hydrogen (secondary N) is 1. The maximum atomic E-state index is 12.9. The van der Waals surface area contributed by atoms with Gasteiger partial charge in [-0.25, -0.2) is 4.79 Å². The number of allylic oxidation sites excluding steroid dienone is 1. The van der Waals surface area contributed by atoms with Gasteiger partial charge in [0, 0.05) is 17.0 Å². The van der Waals surface area contributed by atoms with Gasteiger partial charge in [-0.15, -0.1) is 28.1 Å². The number of carbonyl (C=O) groups is 2. The quantitative estimate of drug-likeness (QED) is 0.135. The second kappa shape index (κ2) is 12.3. The highest BCUT2D eigenvalue weighted by atomic mass is 35.5. The maximum Gasteiger partial charge on any atom is 0.341 e. The van der Waals surface area contributed by atoms with Crippen LogP contribution in [-0.4, -0.2) is 39.0 Å². The molecular weight excluding hydrogens is 539 g/mol. The minimum Gasteiger partial charge on any atom is -0.462 e. The fourth-order valence-corrected chi connectivity index (χ4v) is 6.42. The Labute approximate surface area is 228 Å². The van der Waals surface area contributed by atoms with Crippen LogP contribution < -0.4 is 5.32 Å². The number of benzene rings is 1. The minimum absolute atomic E-state index is 0.0987. The van der Waals surface area contributed by atoms with Crippen molar-refractivity contribution in [1.29, 1.82) is 0 Å². The van der Waals surface area contributed by atoms with Crippen molar-refractivity contribution in [3.63, 3.8) is 0 Å². The first-order valence-corrected chi connectivity index (χ1v) is 14.2. The third-order valence-corrected chi connectivity index (χ3v) is 8.61. The molecule has 190 valence electrons. The van der Waals surface area contributed by atoms with Crippen LogP contribution in [0.25, 0.3) is 11.4 Å². The molecule has 7 nitrogen and oxygen atoms in total. The molecule has 0 aliphatic heterocycles. The van der Waals surface area contributed by atoms with E-state index in [4.69, 9.17) is 27.9 Å². The van der Waals surface area contributed by atoms with Crippen molar-refractivity contribution >= 4 is 63.2 Å². The van der Waals surface area contributed by atoms with Gasteiger partial charge in [0.2, 0.25) is 5.91 Å². The average Bonchev–Trinajstić information content (AvgIpc) is 3.32. The number of aromatic nitrogens is 3. The van der Waals surface area contributed by atoms with Gasteiger partial charge in [0.15, 0.2) is 11.0 Å². The molecule has 2 heterocycles. The van der Waals surface area contributed by atoms with E-state index in [1.807, 2.05) is 10.6 Å². The van der Waals surface area contributed by atoms with Gasteiger partial charge in [-0.2, -0.15) is 0 Å². The molecule has 0 atom stereocenters. The van der Waals surface area contributed by atoms with E-state index in [0.29, 0.717) is 38.1 Å². The number of anilines is 1. The van der Waals surface area contributed by atoms with E-state index in [2.05, 4.69) is 22.1 Å². The van der Waals surface area contributed by atoms with Crippen molar-refractivity contribution in [3.8, 4) is 11.4 Å². The molecule has 2 aromatic heterocycles. The molecule has 11 heteroatoms. The lowest BCUT2D eigenvalue weighted by Crippen LogP contribution is -2.17. The molecule has 1 aliphatic rings. The Kier molecular flexibility index (Phi) is 9.11. The molecule has 0 unspecified atom stereocenters. The van der Waals surface area contributed by atoms with Crippen molar-refractivity contribution in [2.24, 2.45) is 0 Å². The number of rotatable bonds is 9. The number of halogens is 2. The smallest absolute Gasteiger partial charge is 0.341 e. The predicted octanol–water partition coefficient (Wildman–Crippen LogP) is 6.68. The van der Waals surface area contributed by atoms with Gasteiger partial charge in [-0.1, -0.05) is 47.5 Å². The van der Waals surface area contributed by atoms with Gasteiger partial charge in [-0.3, -0.25) is 9.36 Å². The van der Waals surface area contributed by atoms with E-state index in [0.717, 1.165) is 48.1 Å². The van der Waals surface area contributed by atoms with E-state index in [-0.39, 0.29) is 24.2 Å². The molecule has 1 aromatic carbocycles. The van der Waals surface area contributed by atoms with E-state index in [1.165, 1.54) is 23.1 Å². The Hall–Kier alpha value is -2.33. The summed E-state index contributed by atoms with van der Waals surface area (Å²) in [6.07, 6.45) is 6.72. The lowest BCUT2D eigenvalue weighted by molar-refractivity contribution is -0.113. The normalized spacial score (nSPS) is 13.1. The molecule has 1 amide bonds. The molecule has 0 fully saturated rings. The van der Waals surface area contributed by atoms with Crippen molar-refractivity contribution in [1.82, 2.24) is 14.8 Å². The maximum absolute atomic E-state index is 12.9. The number of nitrogens with zero attached hydrogens (tertiary/aromatic N) is 3. The van der Waals surface area contributed by atoms with Crippen molar-refractivity contribution in [2.45, 2.75) is 50.7 Å². The first-order valence-electron chi connectivity index (χ1n) is 11.7. The minimum atomic E-state index is -0.378. The number of thioether (sulfide) groups is 1. The summed E-state index contributed by atoms with van der Waals surface area (Å²) in [4.78, 5) is 26.9. The summed E-state index contributed by atoms with van der Waals surface area (Å²) in [5.74, 6) is 0.0904. The van der Waals surface area contributed by atoms with Crippen LogP contribution >= 0.6 is 46.3 Å². The summed E-state index contributed by atoms with van der Waals surface area (Å²) in [5, 5.41) is 13.5. The number of carbonyl (C=O) groups excluding carboxylic acids is 2. The number of amides is 1. The standard InChI is InChI=1S/C25H26Cl2N4O3S2/c1-3-12-31-22(15-10-11-17(26)18(27)13-15)29-30-25(31)35-14-20(32)28-23-21(24(33)34-4-2)16-8-6-5-7-9-19(16)36-23/h3,10-11,13H,1,4-9,12,14H2,2H3,(H,28,32). The Morgan fingerprint density at radius 3 is 2.78 bits per heavy atom. The second-order valence-electron chi connectivity index (χ2n) is 8.16. The molecule has 0 saturated carbocycles. The average molecular weight is 566 g/mol. The SMILES string of the molecule is C=CCn1c(SCC(=O)Nc2sc3c(c2C(=O)OCC)CCCCC3)nnc1-c1ccc(Cl)c(Cl)c1. The number of fused-ring (bicyclic) bond motifs is 1. The Morgan fingerprint density at radius 1 is 1.22 bits per heavy atom. The first kappa shape index (κ1) is 26.7. The van der Waals surface area contributed by atoms with E-state index in [9.17, 15) is 9.59 Å². The number of hydrogen-bond acceptors (Lipinski definition) is 7. The highest BCUT2D eigenvalue weighted by Crippen LogP contribution is 2.38. The highest BCUT2D eigenvalue weighted by molar-refractivity contribution is 7.99. The molecule has 4 rings (SSSR count). The zero-order valence-electron chi connectivity index (χ0n) is 19.8. The molecule has 0 radical (unpaired) electrons. The topological polar surface area (TPSA) is 86.1 Å². The number of hydrogen-bond donors (Lipinski definition) is 1. The predicted molar refractivity (Wildman–Crippen MR) is 147 cm³/mol. The largest absolute Gasteiger partial charge is 0.462 e. The van der Waals surface area contributed by atoms with Gasteiger partial charge < -0.3 is 10.1 Å². The van der Waals surface area contributed by atoms with Crippen LogP contribution in [0.3, 0.4) is 0 Å². The van der Waals surface area contributed by atoms with Crippen LogP contribution in [0.2, 0.25) is 10.0 Å². The third-order valence-electron chi connectivity index (χ3n) is 5.69. The molecule has 1 N–H and O–H groups in total. The molecular formula is C25H26Cl2N4O3S2. The van der Waals surface area contributed by atoms with Gasteiger partial charge >= 0.3 is 5.97 Å². The van der Waals surface area contributed by atoms with Crippen LogP contribution in [0.4, 0.5) is 5.00 Å². The summed E-state index contributed by atoms with van der Waals surface area (Å²) in [5.41, 5.74) is 2.29. The van der Waals surface area contributed by atoms with Crippen LogP contribution in [0.5, 0.6) is 0 Å². The fraction of sp³-hybridized carbons (Fsp3) is 0.360. The molecule has 36 heavy (non-hydrogen) atoms. The summed E-state index contributed by atoms with van der Waals surface area (Å²) >= 11 is 15.0. The molecule has 3 aromatic rings.